The fourth-order valence-corrected chi connectivity index (χ4v) is 2.62. The van der Waals surface area contributed by atoms with Gasteiger partial charge in [0.05, 0.1) is 7.11 Å². The number of hydroxylamine groups is 2. The van der Waals surface area contributed by atoms with Crippen molar-refractivity contribution in [3.63, 3.8) is 0 Å². The molecule has 2 N–H and O–H groups in total. The number of hydrogen-bond acceptors (Lipinski definition) is 5. The second-order valence-electron chi connectivity index (χ2n) is 5.89. The van der Waals surface area contributed by atoms with Crippen molar-refractivity contribution < 1.29 is 14.4 Å². The number of nitrogens with one attached hydrogen (secondary N) is 2. The van der Waals surface area contributed by atoms with Crippen molar-refractivity contribution in [3.8, 4) is 0 Å². The first-order valence-electron chi connectivity index (χ1n) is 7.82. The summed E-state index contributed by atoms with van der Waals surface area (Å²) in [7, 11) is 3.08. The van der Waals surface area contributed by atoms with E-state index in [9.17, 15) is 4.79 Å². The smallest absolute Gasteiger partial charge is 0.249 e. The van der Waals surface area contributed by atoms with E-state index < -0.39 is 0 Å². The van der Waals surface area contributed by atoms with Crippen LogP contribution in [0.5, 0.6) is 0 Å². The lowest BCUT2D eigenvalue weighted by atomic mass is 9.87. The summed E-state index contributed by atoms with van der Waals surface area (Å²) in [5.74, 6) is -0.0710. The van der Waals surface area contributed by atoms with E-state index >= 15 is 0 Å². The highest BCUT2D eigenvalue weighted by Crippen LogP contribution is 2.27. The van der Waals surface area contributed by atoms with Crippen molar-refractivity contribution in [2.24, 2.45) is 11.8 Å². The second kappa shape index (κ2) is 8.08. The Kier molecular flexibility index (Phi) is 6.12. The predicted octanol–water partition coefficient (Wildman–Crippen LogP) is 1.81. The lowest BCUT2D eigenvalue weighted by molar-refractivity contribution is -0.174. The molecule has 0 spiro atoms. The minimum atomic E-state index is -0.236. The molecule has 1 aromatic carbocycles. The van der Waals surface area contributed by atoms with Crippen LogP contribution in [0.1, 0.15) is 18.9 Å². The molecule has 1 saturated heterocycles. The molecule has 3 atom stereocenters. The van der Waals surface area contributed by atoms with Crippen molar-refractivity contribution in [3.05, 3.63) is 35.9 Å². The Hall–Kier alpha value is -1.92. The third kappa shape index (κ3) is 5.04. The second-order valence-corrected chi connectivity index (χ2v) is 5.89. The zero-order valence-electron chi connectivity index (χ0n) is 13.9. The number of rotatable bonds is 8. The van der Waals surface area contributed by atoms with Crippen LogP contribution in [0.25, 0.3) is 0 Å². The maximum atomic E-state index is 12.3. The summed E-state index contributed by atoms with van der Waals surface area (Å²) < 4.78 is 5.55. The molecule has 1 aliphatic heterocycles. The normalized spacial score (nSPS) is 18.8. The van der Waals surface area contributed by atoms with Crippen LogP contribution in [-0.4, -0.2) is 43.6 Å². The molecule has 1 fully saturated rings. The number of hydrogen-bond donors (Lipinski definition) is 2. The first-order chi connectivity index (χ1) is 11.0. The first kappa shape index (κ1) is 17.4. The van der Waals surface area contributed by atoms with E-state index in [1.54, 1.807) is 7.05 Å². The first-order valence-corrected chi connectivity index (χ1v) is 7.82. The van der Waals surface area contributed by atoms with Gasteiger partial charge in [0.15, 0.2) is 5.90 Å². The summed E-state index contributed by atoms with van der Waals surface area (Å²) in [5, 5.41) is 12.6. The number of nitrogens with zero attached hydrogens (tertiary/aromatic N) is 1. The van der Waals surface area contributed by atoms with Gasteiger partial charge in [-0.05, 0) is 11.5 Å². The van der Waals surface area contributed by atoms with Crippen LogP contribution in [0, 0.1) is 17.2 Å². The largest absolute Gasteiger partial charge is 0.476 e. The van der Waals surface area contributed by atoms with E-state index in [1.165, 1.54) is 12.2 Å². The van der Waals surface area contributed by atoms with E-state index in [0.29, 0.717) is 13.0 Å². The lowest BCUT2D eigenvalue weighted by Crippen LogP contribution is -2.37. The van der Waals surface area contributed by atoms with Gasteiger partial charge in [0, 0.05) is 32.0 Å². The molecule has 6 heteroatoms. The fraction of sp³-hybridized carbons (Fsp3) is 0.529. The van der Waals surface area contributed by atoms with Gasteiger partial charge in [0.2, 0.25) is 5.91 Å². The van der Waals surface area contributed by atoms with Gasteiger partial charge in [0.25, 0.3) is 0 Å². The third-order valence-electron chi connectivity index (χ3n) is 4.25. The minimum absolute atomic E-state index is 0.0309. The van der Waals surface area contributed by atoms with E-state index in [1.807, 2.05) is 37.3 Å². The standard InChI is InChI=1S/C17H25N3O3/c1-12(17(21)20(2)22-3)14(15-10-19-15)9-16(18)23-11-13-7-5-4-6-8-13/h4-8,12,14-15,18-19H,9-11H2,1-3H3. The average molecular weight is 319 g/mol. The summed E-state index contributed by atoms with van der Waals surface area (Å²) in [5.41, 5.74) is 1.03. The van der Waals surface area contributed by atoms with Crippen LogP contribution in [0.4, 0.5) is 0 Å². The van der Waals surface area contributed by atoms with Crippen LogP contribution >= 0.6 is 0 Å². The quantitative estimate of drug-likeness (QED) is 0.331. The molecule has 126 valence electrons. The molecule has 1 amide bonds. The molecule has 1 heterocycles. The van der Waals surface area contributed by atoms with Crippen molar-refractivity contribution >= 4 is 11.8 Å². The lowest BCUT2D eigenvalue weighted by Gasteiger charge is -2.25. The summed E-state index contributed by atoms with van der Waals surface area (Å²) in [6, 6.07) is 10.0. The summed E-state index contributed by atoms with van der Waals surface area (Å²) in [6.07, 6.45) is 0.439. The summed E-state index contributed by atoms with van der Waals surface area (Å²) >= 11 is 0. The number of ether oxygens (including phenoxy) is 1. The molecule has 1 aliphatic rings. The van der Waals surface area contributed by atoms with Crippen LogP contribution < -0.4 is 5.32 Å². The van der Waals surface area contributed by atoms with Gasteiger partial charge in [-0.1, -0.05) is 37.3 Å². The Labute approximate surface area is 137 Å². The number of benzene rings is 1. The van der Waals surface area contributed by atoms with E-state index in [0.717, 1.165) is 12.1 Å². The Morgan fingerprint density at radius 1 is 1.43 bits per heavy atom. The summed E-state index contributed by atoms with van der Waals surface area (Å²) in [4.78, 5) is 17.2. The van der Waals surface area contributed by atoms with Crippen molar-refractivity contribution in [2.45, 2.75) is 26.0 Å². The van der Waals surface area contributed by atoms with Crippen LogP contribution in [0.2, 0.25) is 0 Å². The molecule has 0 saturated carbocycles. The molecule has 2 rings (SSSR count). The van der Waals surface area contributed by atoms with Gasteiger partial charge in [-0.2, -0.15) is 0 Å². The molecule has 0 aliphatic carbocycles. The van der Waals surface area contributed by atoms with Crippen molar-refractivity contribution in [2.75, 3.05) is 20.7 Å². The molecule has 0 bridgehead atoms. The molecule has 3 unspecified atom stereocenters. The van der Waals surface area contributed by atoms with E-state index in [4.69, 9.17) is 15.0 Å². The molecule has 1 aromatic rings. The van der Waals surface area contributed by atoms with Gasteiger partial charge in [-0.25, -0.2) is 5.06 Å². The zero-order valence-corrected chi connectivity index (χ0v) is 13.9. The molecule has 6 nitrogen and oxygen atoms in total. The van der Waals surface area contributed by atoms with Gasteiger partial charge in [0.1, 0.15) is 6.61 Å². The Bertz CT molecular complexity index is 531. The molecular formula is C17H25N3O3. The topological polar surface area (TPSA) is 84.6 Å². The Morgan fingerprint density at radius 3 is 2.65 bits per heavy atom. The Morgan fingerprint density at radius 2 is 2.09 bits per heavy atom. The van der Waals surface area contributed by atoms with E-state index in [2.05, 4.69) is 5.32 Å². The highest BCUT2D eigenvalue weighted by atomic mass is 16.7. The summed E-state index contributed by atoms with van der Waals surface area (Å²) in [6.45, 7) is 3.14. The van der Waals surface area contributed by atoms with Crippen LogP contribution in [0.15, 0.2) is 30.3 Å². The minimum Gasteiger partial charge on any atom is -0.476 e. The molecule has 0 radical (unpaired) electrons. The van der Waals surface area contributed by atoms with Crippen molar-refractivity contribution in [1.82, 2.24) is 10.4 Å². The van der Waals surface area contributed by atoms with Crippen LogP contribution in [-0.2, 0) is 21.0 Å². The molecular weight excluding hydrogens is 294 g/mol. The zero-order chi connectivity index (χ0) is 16.8. The fourth-order valence-electron chi connectivity index (χ4n) is 2.62. The molecule has 0 aromatic heterocycles. The number of carbonyl (C=O) groups excluding carboxylic acids is 1. The van der Waals surface area contributed by atoms with E-state index in [-0.39, 0.29) is 29.7 Å². The SMILES string of the molecule is CON(C)C(=O)C(C)C(CC(=N)OCc1ccccc1)C1CN1. The Balaban J connectivity index is 1.89. The number of amides is 1. The van der Waals surface area contributed by atoms with Gasteiger partial charge in [-0.3, -0.25) is 15.0 Å². The third-order valence-corrected chi connectivity index (χ3v) is 4.25. The highest BCUT2D eigenvalue weighted by molar-refractivity contribution is 5.79. The maximum absolute atomic E-state index is 12.3. The monoisotopic (exact) mass is 319 g/mol. The van der Waals surface area contributed by atoms with Crippen LogP contribution in [0.3, 0.4) is 0 Å². The van der Waals surface area contributed by atoms with Gasteiger partial charge < -0.3 is 10.1 Å². The number of carbonyl (C=O) groups is 1. The maximum Gasteiger partial charge on any atom is 0.249 e. The highest BCUT2D eigenvalue weighted by Gasteiger charge is 2.39. The van der Waals surface area contributed by atoms with Gasteiger partial charge >= 0.3 is 0 Å². The van der Waals surface area contributed by atoms with Gasteiger partial charge in [-0.15, -0.1) is 0 Å². The average Bonchev–Trinajstić information content (AvgIpc) is 3.41. The van der Waals surface area contributed by atoms with Crippen molar-refractivity contribution in [1.29, 1.82) is 5.41 Å². The predicted molar refractivity (Wildman–Crippen MR) is 87.8 cm³/mol. The molecule has 23 heavy (non-hydrogen) atoms.